The smallest absolute Gasteiger partial charge is 0.330 e. The number of aliphatic hydroxyl groups excluding tert-OH is 3. The third-order valence-corrected chi connectivity index (χ3v) is 4.23. The Hall–Kier alpha value is -0.910. The summed E-state index contributed by atoms with van der Waals surface area (Å²) in [4.78, 5) is 11.8. The van der Waals surface area contributed by atoms with Crippen LogP contribution in [0.1, 0.15) is 71.1 Å². The first-order chi connectivity index (χ1) is 11.0. The predicted octanol–water partition coefficient (Wildman–Crippen LogP) is 2.47. The zero-order chi connectivity index (χ0) is 17.1. The molecular weight excluding hydrogens is 296 g/mol. The molecule has 0 aromatic rings. The minimum absolute atomic E-state index is 0.122. The van der Waals surface area contributed by atoms with Crippen molar-refractivity contribution in [3.8, 4) is 0 Å². The maximum absolute atomic E-state index is 11.8. The van der Waals surface area contributed by atoms with E-state index in [1.54, 1.807) is 6.08 Å². The molecule has 1 heterocycles. The second-order valence-corrected chi connectivity index (χ2v) is 6.56. The number of rotatable bonds is 4. The van der Waals surface area contributed by atoms with Crippen LogP contribution in [0.5, 0.6) is 0 Å². The van der Waals surface area contributed by atoms with Gasteiger partial charge in [0.15, 0.2) is 0 Å². The standard InChI is InChI=1S/C18H32O5/c1-2-3-4-9-17-10-5-7-14(19)12-16(21)13-15(20)8-6-11-18(22)23-17/h6,11,14-17,19-21H,2-5,7-10,12-13H2,1H3/b11-6+/t14?,15-,16-,17?/m1/s1. The Morgan fingerprint density at radius 2 is 1.83 bits per heavy atom. The lowest BCUT2D eigenvalue weighted by molar-refractivity contribution is -0.143. The molecule has 23 heavy (non-hydrogen) atoms. The summed E-state index contributed by atoms with van der Waals surface area (Å²) in [7, 11) is 0. The highest BCUT2D eigenvalue weighted by atomic mass is 16.5. The average Bonchev–Trinajstić information content (AvgIpc) is 2.46. The molecule has 1 aliphatic heterocycles. The molecule has 0 bridgehead atoms. The first-order valence-electron chi connectivity index (χ1n) is 8.92. The zero-order valence-corrected chi connectivity index (χ0v) is 14.2. The molecular formula is C18H32O5. The molecule has 0 saturated carbocycles. The van der Waals surface area contributed by atoms with Crippen molar-refractivity contribution >= 4 is 5.97 Å². The van der Waals surface area contributed by atoms with E-state index in [4.69, 9.17) is 4.74 Å². The van der Waals surface area contributed by atoms with Gasteiger partial charge in [0.05, 0.1) is 18.3 Å². The van der Waals surface area contributed by atoms with Gasteiger partial charge in [-0.3, -0.25) is 0 Å². The minimum atomic E-state index is -0.719. The van der Waals surface area contributed by atoms with Crippen LogP contribution < -0.4 is 0 Å². The molecule has 0 aliphatic carbocycles. The fourth-order valence-electron chi connectivity index (χ4n) is 2.93. The lowest BCUT2D eigenvalue weighted by atomic mass is 9.98. The van der Waals surface area contributed by atoms with Gasteiger partial charge in [-0.05, 0) is 51.4 Å². The van der Waals surface area contributed by atoms with E-state index < -0.39 is 18.3 Å². The van der Waals surface area contributed by atoms with Crippen molar-refractivity contribution in [2.24, 2.45) is 0 Å². The van der Waals surface area contributed by atoms with Crippen LogP contribution in [-0.2, 0) is 9.53 Å². The Morgan fingerprint density at radius 3 is 2.57 bits per heavy atom. The van der Waals surface area contributed by atoms with E-state index in [1.165, 1.54) is 6.08 Å². The topological polar surface area (TPSA) is 87.0 Å². The molecule has 2 unspecified atom stereocenters. The Balaban J connectivity index is 2.61. The monoisotopic (exact) mass is 328 g/mol. The van der Waals surface area contributed by atoms with Gasteiger partial charge in [0.25, 0.3) is 0 Å². The van der Waals surface area contributed by atoms with Crippen molar-refractivity contribution < 1.29 is 24.9 Å². The van der Waals surface area contributed by atoms with Crippen LogP contribution >= 0.6 is 0 Å². The number of carbonyl (C=O) groups excluding carboxylic acids is 1. The number of carbonyl (C=O) groups is 1. The maximum Gasteiger partial charge on any atom is 0.330 e. The molecule has 5 nitrogen and oxygen atoms in total. The Bertz CT molecular complexity index is 355. The molecule has 0 radical (unpaired) electrons. The third kappa shape index (κ3) is 9.74. The lowest BCUT2D eigenvalue weighted by Gasteiger charge is -2.21. The van der Waals surface area contributed by atoms with Crippen molar-refractivity contribution in [2.45, 2.75) is 95.5 Å². The normalized spacial score (nSPS) is 32.8. The van der Waals surface area contributed by atoms with Gasteiger partial charge in [-0.2, -0.15) is 0 Å². The van der Waals surface area contributed by atoms with Crippen molar-refractivity contribution in [2.75, 3.05) is 0 Å². The van der Waals surface area contributed by atoms with Crippen LogP contribution in [0.3, 0.4) is 0 Å². The highest BCUT2D eigenvalue weighted by Crippen LogP contribution is 2.18. The van der Waals surface area contributed by atoms with E-state index in [0.29, 0.717) is 12.8 Å². The van der Waals surface area contributed by atoms with Crippen molar-refractivity contribution in [3.63, 3.8) is 0 Å². The van der Waals surface area contributed by atoms with E-state index in [-0.39, 0.29) is 24.9 Å². The van der Waals surface area contributed by atoms with Crippen LogP contribution in [-0.4, -0.2) is 45.7 Å². The van der Waals surface area contributed by atoms with Gasteiger partial charge in [0.1, 0.15) is 6.10 Å². The van der Waals surface area contributed by atoms with E-state index in [2.05, 4.69) is 6.92 Å². The Kier molecular flexibility index (Phi) is 10.2. The molecule has 5 heteroatoms. The predicted molar refractivity (Wildman–Crippen MR) is 88.9 cm³/mol. The minimum Gasteiger partial charge on any atom is -0.459 e. The van der Waals surface area contributed by atoms with Crippen LogP contribution in [0.4, 0.5) is 0 Å². The largest absolute Gasteiger partial charge is 0.459 e. The number of hydrogen-bond donors (Lipinski definition) is 3. The molecule has 0 saturated heterocycles. The summed E-state index contributed by atoms with van der Waals surface area (Å²) in [5, 5.41) is 29.6. The first kappa shape index (κ1) is 20.1. The lowest BCUT2D eigenvalue weighted by Crippen LogP contribution is -2.24. The summed E-state index contributed by atoms with van der Waals surface area (Å²) in [6, 6.07) is 0. The second kappa shape index (κ2) is 11.6. The molecule has 0 aromatic heterocycles. The highest BCUT2D eigenvalue weighted by Gasteiger charge is 2.18. The fourth-order valence-corrected chi connectivity index (χ4v) is 2.93. The van der Waals surface area contributed by atoms with Crippen LogP contribution in [0.15, 0.2) is 12.2 Å². The van der Waals surface area contributed by atoms with E-state index in [0.717, 1.165) is 38.5 Å². The van der Waals surface area contributed by atoms with Crippen LogP contribution in [0, 0.1) is 0 Å². The molecule has 1 aliphatic rings. The summed E-state index contributed by atoms with van der Waals surface area (Å²) >= 11 is 0. The molecule has 0 spiro atoms. The van der Waals surface area contributed by atoms with Gasteiger partial charge in [0, 0.05) is 6.08 Å². The molecule has 4 atom stereocenters. The van der Waals surface area contributed by atoms with Crippen LogP contribution in [0.25, 0.3) is 0 Å². The molecule has 3 N–H and O–H groups in total. The van der Waals surface area contributed by atoms with Crippen molar-refractivity contribution in [1.29, 1.82) is 0 Å². The third-order valence-electron chi connectivity index (χ3n) is 4.23. The van der Waals surface area contributed by atoms with E-state index in [9.17, 15) is 20.1 Å². The SMILES string of the molecule is CCCCCC1CCCC(O)C[C@@H](O)C[C@H](O)C/C=C/C(=O)O1. The summed E-state index contributed by atoms with van der Waals surface area (Å²) in [5.41, 5.74) is 0. The second-order valence-electron chi connectivity index (χ2n) is 6.56. The first-order valence-corrected chi connectivity index (χ1v) is 8.92. The number of hydrogen-bond acceptors (Lipinski definition) is 5. The van der Waals surface area contributed by atoms with Gasteiger partial charge in [-0.25, -0.2) is 4.79 Å². The van der Waals surface area contributed by atoms with Crippen molar-refractivity contribution in [3.05, 3.63) is 12.2 Å². The summed E-state index contributed by atoms with van der Waals surface area (Å²) in [6.07, 6.45) is 7.76. The molecule has 0 fully saturated rings. The van der Waals surface area contributed by atoms with E-state index in [1.807, 2.05) is 0 Å². The molecule has 0 amide bonds. The van der Waals surface area contributed by atoms with Gasteiger partial charge in [-0.1, -0.05) is 25.8 Å². The number of esters is 1. The fraction of sp³-hybridized carbons (Fsp3) is 0.833. The number of aliphatic hydroxyl groups is 3. The molecule has 1 rings (SSSR count). The molecule has 0 aromatic carbocycles. The quantitative estimate of drug-likeness (QED) is 0.545. The van der Waals surface area contributed by atoms with Crippen molar-refractivity contribution in [1.82, 2.24) is 0 Å². The van der Waals surface area contributed by atoms with Crippen LogP contribution in [0.2, 0.25) is 0 Å². The van der Waals surface area contributed by atoms with Gasteiger partial charge in [-0.15, -0.1) is 0 Å². The summed E-state index contributed by atoms with van der Waals surface area (Å²) in [6.45, 7) is 2.13. The maximum atomic E-state index is 11.8. The number of ether oxygens (including phenoxy) is 1. The number of cyclic esters (lactones) is 1. The highest BCUT2D eigenvalue weighted by molar-refractivity contribution is 5.82. The Labute approximate surface area is 139 Å². The van der Waals surface area contributed by atoms with E-state index >= 15 is 0 Å². The van der Waals surface area contributed by atoms with Gasteiger partial charge < -0.3 is 20.1 Å². The zero-order valence-electron chi connectivity index (χ0n) is 14.2. The summed E-state index contributed by atoms with van der Waals surface area (Å²) in [5.74, 6) is -0.378. The molecule has 134 valence electrons. The van der Waals surface area contributed by atoms with Gasteiger partial charge in [0.2, 0.25) is 0 Å². The van der Waals surface area contributed by atoms with Gasteiger partial charge >= 0.3 is 5.97 Å². The number of unbranched alkanes of at least 4 members (excludes halogenated alkanes) is 2. The Morgan fingerprint density at radius 1 is 1.09 bits per heavy atom. The summed E-state index contributed by atoms with van der Waals surface area (Å²) < 4.78 is 5.50. The average molecular weight is 328 g/mol.